The summed E-state index contributed by atoms with van der Waals surface area (Å²) in [4.78, 5) is 27.4. The molecule has 3 rings (SSSR count). The highest BCUT2D eigenvalue weighted by molar-refractivity contribution is 6.12. The van der Waals surface area contributed by atoms with Crippen LogP contribution < -0.4 is 5.32 Å². The Morgan fingerprint density at radius 2 is 2.04 bits per heavy atom. The van der Waals surface area contributed by atoms with Crippen LogP contribution >= 0.6 is 0 Å². The second-order valence-electron chi connectivity index (χ2n) is 5.64. The van der Waals surface area contributed by atoms with Crippen molar-refractivity contribution in [1.29, 1.82) is 5.26 Å². The number of aromatic nitrogens is 1. The Balaban J connectivity index is 2.00. The molecule has 0 aliphatic rings. The summed E-state index contributed by atoms with van der Waals surface area (Å²) in [6.45, 7) is 0. The number of rotatable bonds is 4. The van der Waals surface area contributed by atoms with E-state index < -0.39 is 11.9 Å². The number of hydrogen-bond acceptors (Lipinski definition) is 5. The van der Waals surface area contributed by atoms with Crippen LogP contribution in [0.2, 0.25) is 0 Å². The molecule has 0 aliphatic heterocycles. The molecule has 0 bridgehead atoms. The number of benzene rings is 2. The SMILES string of the molecule is COC(=O)c1cccc2[nH]cc(C=C(C#N)C(=O)Nc3cccc(O)c3)c12. The van der Waals surface area contributed by atoms with Crippen LogP contribution in [0, 0.1) is 11.3 Å². The van der Waals surface area contributed by atoms with Crippen molar-refractivity contribution >= 4 is 34.5 Å². The van der Waals surface area contributed by atoms with Gasteiger partial charge in [0.2, 0.25) is 0 Å². The van der Waals surface area contributed by atoms with Crippen molar-refractivity contribution in [1.82, 2.24) is 4.98 Å². The number of methoxy groups -OCH3 is 1. The van der Waals surface area contributed by atoms with Gasteiger partial charge in [-0.15, -0.1) is 0 Å². The third-order valence-electron chi connectivity index (χ3n) is 3.91. The number of phenols is 1. The molecule has 0 radical (unpaired) electrons. The number of nitriles is 1. The van der Waals surface area contributed by atoms with Crippen molar-refractivity contribution in [2.75, 3.05) is 12.4 Å². The Bertz CT molecular complexity index is 1110. The summed E-state index contributed by atoms with van der Waals surface area (Å²) in [6.07, 6.45) is 3.00. The van der Waals surface area contributed by atoms with E-state index in [1.54, 1.807) is 36.5 Å². The predicted octanol–water partition coefficient (Wildman–Crippen LogP) is 3.21. The van der Waals surface area contributed by atoms with Gasteiger partial charge in [-0.2, -0.15) is 5.26 Å². The number of carbonyl (C=O) groups excluding carboxylic acids is 2. The summed E-state index contributed by atoms with van der Waals surface area (Å²) in [7, 11) is 1.28. The molecule has 0 unspecified atom stereocenters. The van der Waals surface area contributed by atoms with E-state index in [1.165, 1.54) is 25.3 Å². The highest BCUT2D eigenvalue weighted by Gasteiger charge is 2.16. The lowest BCUT2D eigenvalue weighted by Gasteiger charge is -2.05. The Morgan fingerprint density at radius 1 is 1.26 bits per heavy atom. The number of H-pyrrole nitrogens is 1. The summed E-state index contributed by atoms with van der Waals surface area (Å²) >= 11 is 0. The number of fused-ring (bicyclic) bond motifs is 1. The molecule has 1 amide bonds. The smallest absolute Gasteiger partial charge is 0.338 e. The maximum Gasteiger partial charge on any atom is 0.338 e. The average Bonchev–Trinajstić information content (AvgIpc) is 3.08. The van der Waals surface area contributed by atoms with Crippen LogP contribution in [0.5, 0.6) is 5.75 Å². The highest BCUT2D eigenvalue weighted by atomic mass is 16.5. The van der Waals surface area contributed by atoms with Gasteiger partial charge in [-0.25, -0.2) is 4.79 Å². The first-order valence-electron chi connectivity index (χ1n) is 7.94. The molecule has 0 aliphatic carbocycles. The number of esters is 1. The Kier molecular flexibility index (Phi) is 4.90. The molecule has 7 heteroatoms. The predicted molar refractivity (Wildman–Crippen MR) is 100.0 cm³/mol. The Morgan fingerprint density at radius 3 is 2.74 bits per heavy atom. The van der Waals surface area contributed by atoms with E-state index in [4.69, 9.17) is 4.74 Å². The molecule has 0 saturated carbocycles. The number of aromatic hydroxyl groups is 1. The molecule has 0 fully saturated rings. The minimum atomic E-state index is -0.631. The number of amides is 1. The van der Waals surface area contributed by atoms with E-state index in [-0.39, 0.29) is 11.3 Å². The zero-order valence-electron chi connectivity index (χ0n) is 14.3. The summed E-state index contributed by atoms with van der Waals surface area (Å²) in [5, 5.41) is 22.0. The molecule has 2 aromatic carbocycles. The van der Waals surface area contributed by atoms with E-state index >= 15 is 0 Å². The molecule has 1 heterocycles. The fourth-order valence-corrected chi connectivity index (χ4v) is 2.69. The number of phenolic OH excluding ortho intramolecular Hbond substituents is 1. The summed E-state index contributed by atoms with van der Waals surface area (Å²) < 4.78 is 4.80. The quantitative estimate of drug-likeness (QED) is 0.375. The van der Waals surface area contributed by atoms with Crippen molar-refractivity contribution in [2.24, 2.45) is 0 Å². The lowest BCUT2D eigenvalue weighted by molar-refractivity contribution is -0.112. The lowest BCUT2D eigenvalue weighted by atomic mass is 10.0. The van der Waals surface area contributed by atoms with Gasteiger partial charge in [0, 0.05) is 34.4 Å². The van der Waals surface area contributed by atoms with Crippen molar-refractivity contribution in [2.45, 2.75) is 0 Å². The van der Waals surface area contributed by atoms with Crippen LogP contribution in [-0.2, 0) is 9.53 Å². The minimum Gasteiger partial charge on any atom is -0.508 e. The van der Waals surface area contributed by atoms with Crippen molar-refractivity contribution < 1.29 is 19.4 Å². The van der Waals surface area contributed by atoms with Gasteiger partial charge in [0.15, 0.2) is 0 Å². The van der Waals surface area contributed by atoms with E-state index in [1.807, 2.05) is 6.07 Å². The summed E-state index contributed by atoms with van der Waals surface area (Å²) in [5.41, 5.74) is 1.71. The van der Waals surface area contributed by atoms with Gasteiger partial charge in [0.1, 0.15) is 17.4 Å². The molecule has 7 nitrogen and oxygen atoms in total. The highest BCUT2D eigenvalue weighted by Crippen LogP contribution is 2.26. The molecule has 3 aromatic rings. The Labute approximate surface area is 154 Å². The van der Waals surface area contributed by atoms with Gasteiger partial charge in [-0.3, -0.25) is 4.79 Å². The van der Waals surface area contributed by atoms with E-state index in [9.17, 15) is 20.0 Å². The molecule has 3 N–H and O–H groups in total. The number of aromatic amines is 1. The number of anilines is 1. The van der Waals surface area contributed by atoms with Crippen LogP contribution in [0.15, 0.2) is 54.2 Å². The van der Waals surface area contributed by atoms with Crippen molar-refractivity contribution in [3.63, 3.8) is 0 Å². The zero-order valence-corrected chi connectivity index (χ0v) is 14.3. The Hall–Kier alpha value is -4.05. The van der Waals surface area contributed by atoms with Gasteiger partial charge in [-0.1, -0.05) is 12.1 Å². The number of hydrogen-bond donors (Lipinski definition) is 3. The summed E-state index contributed by atoms with van der Waals surface area (Å²) in [5.74, 6) is -1.15. The van der Waals surface area contributed by atoms with Crippen LogP contribution in [-0.4, -0.2) is 29.1 Å². The fraction of sp³-hybridized carbons (Fsp3) is 0.0500. The number of carbonyl (C=O) groups is 2. The number of nitrogens with zero attached hydrogens (tertiary/aromatic N) is 1. The molecule has 27 heavy (non-hydrogen) atoms. The average molecular weight is 361 g/mol. The zero-order chi connectivity index (χ0) is 19.4. The van der Waals surface area contributed by atoms with Gasteiger partial charge in [-0.05, 0) is 30.3 Å². The minimum absolute atomic E-state index is 0.00497. The first-order valence-corrected chi connectivity index (χ1v) is 7.94. The first-order chi connectivity index (χ1) is 13.0. The molecular weight excluding hydrogens is 346 g/mol. The van der Waals surface area contributed by atoms with E-state index in [2.05, 4.69) is 10.3 Å². The van der Waals surface area contributed by atoms with Crippen molar-refractivity contribution in [3.05, 3.63) is 65.4 Å². The van der Waals surface area contributed by atoms with E-state index in [0.717, 1.165) is 0 Å². The molecule has 0 spiro atoms. The topological polar surface area (TPSA) is 115 Å². The second kappa shape index (κ2) is 7.45. The fourth-order valence-electron chi connectivity index (χ4n) is 2.69. The third kappa shape index (κ3) is 3.65. The monoisotopic (exact) mass is 361 g/mol. The maximum absolute atomic E-state index is 12.4. The second-order valence-corrected chi connectivity index (χ2v) is 5.64. The number of nitrogens with one attached hydrogen (secondary N) is 2. The van der Waals surface area contributed by atoms with Crippen LogP contribution in [0.1, 0.15) is 15.9 Å². The van der Waals surface area contributed by atoms with E-state index in [0.29, 0.717) is 27.7 Å². The standard InChI is InChI=1S/C20H15N3O4/c1-27-20(26)16-6-3-7-17-18(16)13(11-22-17)8-12(10-21)19(25)23-14-4-2-5-15(24)9-14/h2-9,11,22,24H,1H3,(H,23,25). The first kappa shape index (κ1) is 17.8. The van der Waals surface area contributed by atoms with Crippen LogP contribution in [0.3, 0.4) is 0 Å². The van der Waals surface area contributed by atoms with Crippen LogP contribution in [0.25, 0.3) is 17.0 Å². The molecule has 0 atom stereocenters. The summed E-state index contributed by atoms with van der Waals surface area (Å²) in [6, 6.07) is 13.0. The van der Waals surface area contributed by atoms with Gasteiger partial charge in [0.05, 0.1) is 12.7 Å². The maximum atomic E-state index is 12.4. The lowest BCUT2D eigenvalue weighted by Crippen LogP contribution is -2.13. The van der Waals surface area contributed by atoms with Crippen molar-refractivity contribution in [3.8, 4) is 11.8 Å². The van der Waals surface area contributed by atoms with Crippen LogP contribution in [0.4, 0.5) is 5.69 Å². The van der Waals surface area contributed by atoms with Gasteiger partial charge in [0.25, 0.3) is 5.91 Å². The normalized spacial score (nSPS) is 11.0. The molecule has 0 saturated heterocycles. The molecule has 134 valence electrons. The number of ether oxygens (including phenoxy) is 1. The molecular formula is C20H15N3O4. The van der Waals surface area contributed by atoms with Gasteiger partial charge < -0.3 is 20.1 Å². The third-order valence-corrected chi connectivity index (χ3v) is 3.91. The van der Waals surface area contributed by atoms with Gasteiger partial charge >= 0.3 is 5.97 Å². The molecule has 1 aromatic heterocycles. The largest absolute Gasteiger partial charge is 0.508 e.